The molecule has 1 atom stereocenters. The number of carbonyl (C=O) groups excluding carboxylic acids is 2. The first-order valence-electron chi connectivity index (χ1n) is 13.0. The molecule has 2 heterocycles. The number of halogens is 2. The Bertz CT molecular complexity index is 1210. The van der Waals surface area contributed by atoms with E-state index in [4.69, 9.17) is 4.74 Å². The predicted octanol–water partition coefficient (Wildman–Crippen LogP) is 4.79. The van der Waals surface area contributed by atoms with E-state index in [2.05, 4.69) is 9.80 Å². The third-order valence-corrected chi connectivity index (χ3v) is 7.22. The fraction of sp³-hybridized carbons (Fsp3) is 0.333. The Morgan fingerprint density at radius 3 is 1.89 bits per heavy atom. The number of hydrogen-bond donors (Lipinski definition) is 0. The first-order chi connectivity index (χ1) is 18.4. The summed E-state index contributed by atoms with van der Waals surface area (Å²) in [5, 5.41) is 0. The average Bonchev–Trinajstić information content (AvgIpc) is 3.24. The van der Waals surface area contributed by atoms with Gasteiger partial charge in [-0.2, -0.15) is 0 Å². The summed E-state index contributed by atoms with van der Waals surface area (Å²) in [6, 6.07) is 19.1. The molecule has 0 aliphatic carbocycles. The smallest absolute Gasteiger partial charge is 0.251 e. The van der Waals surface area contributed by atoms with Crippen LogP contribution in [0.2, 0.25) is 0 Å². The molecule has 2 aliphatic rings. The Morgan fingerprint density at radius 1 is 0.816 bits per heavy atom. The molecule has 2 saturated heterocycles. The van der Waals surface area contributed by atoms with Gasteiger partial charge in [-0.05, 0) is 66.1 Å². The quantitative estimate of drug-likeness (QED) is 0.401. The SMILES string of the molecule is CCCOc1ccc(N2C(=O)CC(N3CCN(C(c4ccc(F)cc4)c4ccc(F)cc4)CC3)C2=O)cc1. The number of imide groups is 1. The zero-order chi connectivity index (χ0) is 26.6. The molecule has 3 aromatic carbocycles. The summed E-state index contributed by atoms with van der Waals surface area (Å²) in [4.78, 5) is 31.8. The second-order valence-electron chi connectivity index (χ2n) is 9.71. The summed E-state index contributed by atoms with van der Waals surface area (Å²) in [5.74, 6) is -0.333. The van der Waals surface area contributed by atoms with E-state index < -0.39 is 6.04 Å². The van der Waals surface area contributed by atoms with Gasteiger partial charge in [-0.1, -0.05) is 31.2 Å². The summed E-state index contributed by atoms with van der Waals surface area (Å²) in [6.07, 6.45) is 1.04. The van der Waals surface area contributed by atoms with Crippen LogP contribution in [0.25, 0.3) is 0 Å². The summed E-state index contributed by atoms with van der Waals surface area (Å²) in [7, 11) is 0. The van der Waals surface area contributed by atoms with Gasteiger partial charge in [-0.3, -0.25) is 19.4 Å². The molecule has 8 heteroatoms. The minimum atomic E-state index is -0.504. The van der Waals surface area contributed by atoms with Crippen LogP contribution in [0.5, 0.6) is 5.75 Å². The van der Waals surface area contributed by atoms with Gasteiger partial charge in [0, 0.05) is 26.2 Å². The number of nitrogens with zero attached hydrogens (tertiary/aromatic N) is 3. The largest absolute Gasteiger partial charge is 0.494 e. The van der Waals surface area contributed by atoms with Gasteiger partial charge in [0.1, 0.15) is 17.4 Å². The van der Waals surface area contributed by atoms with Crippen molar-refractivity contribution in [2.45, 2.75) is 31.8 Å². The molecule has 2 amide bonds. The highest BCUT2D eigenvalue weighted by Gasteiger charge is 2.43. The Morgan fingerprint density at radius 2 is 1.37 bits per heavy atom. The molecular weight excluding hydrogens is 488 g/mol. The maximum atomic E-state index is 13.6. The number of benzene rings is 3. The number of piperazine rings is 1. The van der Waals surface area contributed by atoms with Crippen molar-refractivity contribution in [3.05, 3.63) is 95.6 Å². The van der Waals surface area contributed by atoms with Crippen LogP contribution in [-0.4, -0.2) is 60.4 Å². The van der Waals surface area contributed by atoms with Gasteiger partial charge in [0.05, 0.1) is 30.8 Å². The van der Waals surface area contributed by atoms with E-state index in [1.807, 2.05) is 6.92 Å². The maximum absolute atomic E-state index is 13.6. The third kappa shape index (κ3) is 5.47. The number of carbonyl (C=O) groups is 2. The molecule has 0 bridgehead atoms. The second-order valence-corrected chi connectivity index (χ2v) is 9.71. The fourth-order valence-electron chi connectivity index (χ4n) is 5.30. The lowest BCUT2D eigenvalue weighted by molar-refractivity contribution is -0.123. The lowest BCUT2D eigenvalue weighted by Gasteiger charge is -2.41. The monoisotopic (exact) mass is 519 g/mol. The van der Waals surface area contributed by atoms with Crippen LogP contribution in [0, 0.1) is 11.6 Å². The van der Waals surface area contributed by atoms with Crippen LogP contribution in [0.3, 0.4) is 0 Å². The number of amides is 2. The van der Waals surface area contributed by atoms with Crippen molar-refractivity contribution >= 4 is 17.5 Å². The van der Waals surface area contributed by atoms with Gasteiger partial charge in [0.15, 0.2) is 0 Å². The number of ether oxygens (including phenoxy) is 1. The average molecular weight is 520 g/mol. The fourth-order valence-corrected chi connectivity index (χ4v) is 5.30. The van der Waals surface area contributed by atoms with Gasteiger partial charge in [-0.25, -0.2) is 13.7 Å². The van der Waals surface area contributed by atoms with E-state index in [9.17, 15) is 18.4 Å². The van der Waals surface area contributed by atoms with E-state index in [1.165, 1.54) is 29.2 Å². The van der Waals surface area contributed by atoms with E-state index in [0.29, 0.717) is 44.2 Å². The van der Waals surface area contributed by atoms with Crippen molar-refractivity contribution in [1.82, 2.24) is 9.80 Å². The lowest BCUT2D eigenvalue weighted by Crippen LogP contribution is -2.53. The summed E-state index contributed by atoms with van der Waals surface area (Å²) < 4.78 is 32.9. The Kier molecular flexibility index (Phi) is 7.81. The van der Waals surface area contributed by atoms with Crippen LogP contribution in [0.15, 0.2) is 72.8 Å². The predicted molar refractivity (Wildman–Crippen MR) is 141 cm³/mol. The molecule has 0 aromatic heterocycles. The van der Waals surface area contributed by atoms with Crippen molar-refractivity contribution in [2.24, 2.45) is 0 Å². The van der Waals surface area contributed by atoms with Gasteiger partial charge in [0.25, 0.3) is 5.91 Å². The third-order valence-electron chi connectivity index (χ3n) is 7.22. The van der Waals surface area contributed by atoms with Crippen LogP contribution in [0.4, 0.5) is 14.5 Å². The van der Waals surface area contributed by atoms with Crippen molar-refractivity contribution < 1.29 is 23.1 Å². The molecule has 198 valence electrons. The minimum Gasteiger partial charge on any atom is -0.494 e. The van der Waals surface area contributed by atoms with Crippen LogP contribution in [-0.2, 0) is 9.59 Å². The minimum absolute atomic E-state index is 0.145. The molecule has 3 aromatic rings. The lowest BCUT2D eigenvalue weighted by atomic mass is 9.96. The Hall–Kier alpha value is -3.62. The van der Waals surface area contributed by atoms with E-state index in [1.54, 1.807) is 48.5 Å². The first-order valence-corrected chi connectivity index (χ1v) is 13.0. The molecule has 2 aliphatic heterocycles. The van der Waals surface area contributed by atoms with Gasteiger partial charge in [-0.15, -0.1) is 0 Å². The highest BCUT2D eigenvalue weighted by atomic mass is 19.1. The molecular formula is C30H31F2N3O3. The molecule has 1 unspecified atom stereocenters. The van der Waals surface area contributed by atoms with Gasteiger partial charge < -0.3 is 4.74 Å². The zero-order valence-corrected chi connectivity index (χ0v) is 21.4. The number of anilines is 1. The van der Waals surface area contributed by atoms with E-state index in [-0.39, 0.29) is 35.9 Å². The maximum Gasteiger partial charge on any atom is 0.251 e. The van der Waals surface area contributed by atoms with Gasteiger partial charge >= 0.3 is 0 Å². The molecule has 2 fully saturated rings. The summed E-state index contributed by atoms with van der Waals surface area (Å²) in [6.45, 7) is 5.11. The molecule has 0 saturated carbocycles. The molecule has 6 nitrogen and oxygen atoms in total. The molecule has 0 N–H and O–H groups in total. The highest BCUT2D eigenvalue weighted by molar-refractivity contribution is 6.22. The van der Waals surface area contributed by atoms with Crippen molar-refractivity contribution in [3.63, 3.8) is 0 Å². The van der Waals surface area contributed by atoms with Crippen LogP contribution in [0.1, 0.15) is 36.9 Å². The molecule has 5 rings (SSSR count). The molecule has 0 radical (unpaired) electrons. The topological polar surface area (TPSA) is 53.1 Å². The number of hydrogen-bond acceptors (Lipinski definition) is 5. The first kappa shape index (κ1) is 26.0. The Balaban J connectivity index is 1.28. The normalized spacial score (nSPS) is 18.9. The summed E-state index contributed by atoms with van der Waals surface area (Å²) >= 11 is 0. The van der Waals surface area contributed by atoms with E-state index in [0.717, 1.165) is 17.5 Å². The molecule has 0 spiro atoms. The standard InChI is InChI=1S/C30H31F2N3O3/c1-2-19-38-26-13-11-25(12-14-26)35-28(36)20-27(30(35)37)33-15-17-34(18-16-33)29(21-3-7-23(31)8-4-21)22-5-9-24(32)10-6-22/h3-14,27,29H,2,15-20H2,1H3. The zero-order valence-electron chi connectivity index (χ0n) is 21.4. The van der Waals surface area contributed by atoms with Crippen molar-refractivity contribution in [1.29, 1.82) is 0 Å². The molecule has 38 heavy (non-hydrogen) atoms. The van der Waals surface area contributed by atoms with Crippen molar-refractivity contribution in [2.75, 3.05) is 37.7 Å². The van der Waals surface area contributed by atoms with Gasteiger partial charge in [0.2, 0.25) is 5.91 Å². The summed E-state index contributed by atoms with van der Waals surface area (Å²) in [5.41, 5.74) is 2.38. The second kappa shape index (κ2) is 11.4. The van der Waals surface area contributed by atoms with Crippen LogP contribution >= 0.6 is 0 Å². The van der Waals surface area contributed by atoms with Crippen LogP contribution < -0.4 is 9.64 Å². The Labute approximate surface area is 221 Å². The number of rotatable bonds is 8. The highest BCUT2D eigenvalue weighted by Crippen LogP contribution is 2.32. The van der Waals surface area contributed by atoms with E-state index >= 15 is 0 Å². The van der Waals surface area contributed by atoms with Crippen molar-refractivity contribution in [3.8, 4) is 5.75 Å².